The van der Waals surface area contributed by atoms with E-state index >= 15 is 0 Å². The number of benzene rings is 2. The van der Waals surface area contributed by atoms with Crippen LogP contribution in [0.1, 0.15) is 16.8 Å². The molecule has 3 amide bonds. The Morgan fingerprint density at radius 2 is 1.74 bits per heavy atom. The highest BCUT2D eigenvalue weighted by Gasteiger charge is 2.34. The SMILES string of the molecule is COCc1[nH]n(-c2ccccc2)c(=O)c1C=C1NC(=O)N(Cc2ccc(F)cc2)C1=O. The minimum absolute atomic E-state index is 0.0192. The van der Waals surface area contributed by atoms with Crippen molar-refractivity contribution in [3.05, 3.63) is 93.3 Å². The third kappa shape index (κ3) is 4.03. The Morgan fingerprint density at radius 1 is 1.03 bits per heavy atom. The van der Waals surface area contributed by atoms with Gasteiger partial charge in [-0.25, -0.2) is 13.9 Å². The average Bonchev–Trinajstić information content (AvgIpc) is 3.22. The van der Waals surface area contributed by atoms with Gasteiger partial charge in [0.2, 0.25) is 0 Å². The zero-order valence-corrected chi connectivity index (χ0v) is 16.6. The molecule has 0 unspecified atom stereocenters. The Balaban J connectivity index is 1.67. The Bertz CT molecular complexity index is 1210. The van der Waals surface area contributed by atoms with E-state index < -0.39 is 17.8 Å². The molecule has 0 radical (unpaired) electrons. The molecule has 2 heterocycles. The number of hydrogen-bond donors (Lipinski definition) is 2. The lowest BCUT2D eigenvalue weighted by Gasteiger charge is -2.11. The van der Waals surface area contributed by atoms with Crippen molar-refractivity contribution < 1.29 is 18.7 Å². The van der Waals surface area contributed by atoms with Gasteiger partial charge >= 0.3 is 6.03 Å². The summed E-state index contributed by atoms with van der Waals surface area (Å²) in [6, 6.07) is 13.8. The fourth-order valence-electron chi connectivity index (χ4n) is 3.29. The highest BCUT2D eigenvalue weighted by molar-refractivity contribution is 6.13. The van der Waals surface area contributed by atoms with Crippen LogP contribution in [0, 0.1) is 5.82 Å². The fourth-order valence-corrected chi connectivity index (χ4v) is 3.29. The molecule has 0 bridgehead atoms. The molecule has 1 saturated heterocycles. The first-order chi connectivity index (χ1) is 15.0. The van der Waals surface area contributed by atoms with Crippen molar-refractivity contribution in [1.29, 1.82) is 0 Å². The van der Waals surface area contributed by atoms with Crippen LogP contribution in [0.15, 0.2) is 65.1 Å². The van der Waals surface area contributed by atoms with Crippen molar-refractivity contribution in [2.75, 3.05) is 7.11 Å². The van der Waals surface area contributed by atoms with Gasteiger partial charge in [-0.05, 0) is 35.9 Å². The number of hydrogen-bond acceptors (Lipinski definition) is 4. The topological polar surface area (TPSA) is 96.4 Å². The summed E-state index contributed by atoms with van der Waals surface area (Å²) in [5, 5.41) is 5.49. The number of nitrogens with zero attached hydrogens (tertiary/aromatic N) is 2. The summed E-state index contributed by atoms with van der Waals surface area (Å²) in [7, 11) is 1.49. The lowest BCUT2D eigenvalue weighted by molar-refractivity contribution is -0.123. The van der Waals surface area contributed by atoms with Gasteiger partial charge in [0.05, 0.1) is 30.1 Å². The normalized spacial score (nSPS) is 15.0. The number of rotatable bonds is 6. The molecule has 31 heavy (non-hydrogen) atoms. The molecule has 0 saturated carbocycles. The molecule has 2 aromatic carbocycles. The van der Waals surface area contributed by atoms with Crippen LogP contribution in [-0.4, -0.2) is 33.7 Å². The standard InChI is InChI=1S/C22H19FN4O4/c1-31-13-19-17(20(28)27(25-19)16-5-3-2-4-6-16)11-18-21(29)26(22(30)24-18)12-14-7-9-15(23)10-8-14/h2-11,25H,12-13H2,1H3,(H,24,30). The van der Waals surface area contributed by atoms with Crippen molar-refractivity contribution in [1.82, 2.24) is 20.0 Å². The number of aromatic nitrogens is 2. The van der Waals surface area contributed by atoms with Gasteiger partial charge < -0.3 is 10.1 Å². The van der Waals surface area contributed by atoms with E-state index in [1.807, 2.05) is 6.07 Å². The van der Waals surface area contributed by atoms with E-state index in [9.17, 15) is 18.8 Å². The van der Waals surface area contributed by atoms with E-state index in [1.54, 1.807) is 24.3 Å². The summed E-state index contributed by atoms with van der Waals surface area (Å²) < 4.78 is 19.6. The molecule has 4 rings (SSSR count). The average molecular weight is 422 g/mol. The molecule has 2 N–H and O–H groups in total. The third-order valence-corrected chi connectivity index (χ3v) is 4.81. The minimum Gasteiger partial charge on any atom is -0.378 e. The molecule has 0 atom stereocenters. The zero-order chi connectivity index (χ0) is 22.0. The van der Waals surface area contributed by atoms with E-state index in [0.717, 1.165) is 4.90 Å². The summed E-state index contributed by atoms with van der Waals surface area (Å²) in [5.74, 6) is -0.987. The molecule has 8 nitrogen and oxygen atoms in total. The highest BCUT2D eigenvalue weighted by Crippen LogP contribution is 2.18. The summed E-state index contributed by atoms with van der Waals surface area (Å²) in [4.78, 5) is 39.1. The summed E-state index contributed by atoms with van der Waals surface area (Å²) >= 11 is 0. The molecule has 1 aromatic heterocycles. The molecule has 3 aromatic rings. The van der Waals surface area contributed by atoms with Gasteiger partial charge in [0.25, 0.3) is 11.5 Å². The van der Waals surface area contributed by atoms with Gasteiger partial charge in [-0.15, -0.1) is 0 Å². The lowest BCUT2D eigenvalue weighted by atomic mass is 10.2. The van der Waals surface area contributed by atoms with E-state index in [0.29, 0.717) is 16.9 Å². The van der Waals surface area contributed by atoms with Crippen LogP contribution >= 0.6 is 0 Å². The molecule has 0 spiro atoms. The number of carbonyl (C=O) groups is 2. The van der Waals surface area contributed by atoms with Crippen LogP contribution in [0.3, 0.4) is 0 Å². The first-order valence-corrected chi connectivity index (χ1v) is 9.45. The van der Waals surface area contributed by atoms with E-state index in [1.165, 1.54) is 42.1 Å². The number of carbonyl (C=O) groups excluding carboxylic acids is 2. The van der Waals surface area contributed by atoms with Crippen LogP contribution in [0.25, 0.3) is 11.8 Å². The predicted octanol–water partition coefficient (Wildman–Crippen LogP) is 2.54. The maximum absolute atomic E-state index is 13.1. The van der Waals surface area contributed by atoms with Gasteiger partial charge in [-0.1, -0.05) is 30.3 Å². The van der Waals surface area contributed by atoms with Gasteiger partial charge in [-0.3, -0.25) is 19.6 Å². The number of nitrogens with one attached hydrogen (secondary N) is 2. The number of ether oxygens (including phenoxy) is 1. The number of imide groups is 1. The maximum Gasteiger partial charge on any atom is 0.329 e. The molecule has 9 heteroatoms. The molecular weight excluding hydrogens is 403 g/mol. The van der Waals surface area contributed by atoms with Crippen molar-refractivity contribution in [2.45, 2.75) is 13.2 Å². The smallest absolute Gasteiger partial charge is 0.329 e. The van der Waals surface area contributed by atoms with Crippen molar-refractivity contribution >= 4 is 18.0 Å². The molecule has 0 aliphatic carbocycles. The Morgan fingerprint density at radius 3 is 2.42 bits per heavy atom. The fraction of sp³-hybridized carbons (Fsp3) is 0.136. The summed E-state index contributed by atoms with van der Waals surface area (Å²) in [6.45, 7) is 0.0875. The Labute approximate surface area is 176 Å². The quantitative estimate of drug-likeness (QED) is 0.471. The summed E-state index contributed by atoms with van der Waals surface area (Å²) in [5.41, 5.74) is 1.47. The first-order valence-electron chi connectivity index (χ1n) is 9.45. The van der Waals surface area contributed by atoms with Crippen LogP contribution in [-0.2, 0) is 22.7 Å². The molecular formula is C22H19FN4O4. The second kappa shape index (κ2) is 8.41. The largest absolute Gasteiger partial charge is 0.378 e. The number of methoxy groups -OCH3 is 1. The number of para-hydroxylation sites is 1. The summed E-state index contributed by atoms with van der Waals surface area (Å²) in [6.07, 6.45) is 1.34. The maximum atomic E-state index is 13.1. The van der Waals surface area contributed by atoms with Gasteiger partial charge in [0.1, 0.15) is 11.5 Å². The van der Waals surface area contributed by atoms with Crippen LogP contribution in [0.5, 0.6) is 0 Å². The minimum atomic E-state index is -0.618. The van der Waals surface area contributed by atoms with Gasteiger partial charge in [0.15, 0.2) is 0 Å². The number of halogens is 1. The number of H-pyrrole nitrogens is 1. The van der Waals surface area contributed by atoms with Crippen molar-refractivity contribution in [2.24, 2.45) is 0 Å². The van der Waals surface area contributed by atoms with Crippen LogP contribution in [0.2, 0.25) is 0 Å². The monoisotopic (exact) mass is 422 g/mol. The van der Waals surface area contributed by atoms with Gasteiger partial charge in [-0.2, -0.15) is 0 Å². The van der Waals surface area contributed by atoms with Crippen LogP contribution in [0.4, 0.5) is 9.18 Å². The predicted molar refractivity (Wildman–Crippen MR) is 111 cm³/mol. The highest BCUT2D eigenvalue weighted by atomic mass is 19.1. The second-order valence-electron chi connectivity index (χ2n) is 6.92. The molecule has 1 aliphatic heterocycles. The Hall–Kier alpha value is -3.98. The number of amides is 3. The molecule has 1 fully saturated rings. The zero-order valence-electron chi connectivity index (χ0n) is 16.6. The van der Waals surface area contributed by atoms with E-state index in [4.69, 9.17) is 4.74 Å². The van der Waals surface area contributed by atoms with E-state index in [2.05, 4.69) is 10.4 Å². The Kier molecular flexibility index (Phi) is 5.50. The molecule has 1 aliphatic rings. The lowest BCUT2D eigenvalue weighted by Crippen LogP contribution is -2.30. The van der Waals surface area contributed by atoms with Crippen molar-refractivity contribution in [3.63, 3.8) is 0 Å². The van der Waals surface area contributed by atoms with Gasteiger partial charge in [0, 0.05) is 7.11 Å². The number of urea groups is 1. The van der Waals surface area contributed by atoms with E-state index in [-0.39, 0.29) is 30.0 Å². The van der Waals surface area contributed by atoms with Crippen LogP contribution < -0.4 is 10.9 Å². The molecule has 158 valence electrons. The first kappa shape index (κ1) is 20.3. The second-order valence-corrected chi connectivity index (χ2v) is 6.92. The van der Waals surface area contributed by atoms with Crippen molar-refractivity contribution in [3.8, 4) is 5.69 Å². The number of aromatic amines is 1. The third-order valence-electron chi connectivity index (χ3n) is 4.81.